The van der Waals surface area contributed by atoms with Gasteiger partial charge in [-0.05, 0) is 37.6 Å². The average Bonchev–Trinajstić information content (AvgIpc) is 2.52. The van der Waals surface area contributed by atoms with E-state index in [9.17, 15) is 0 Å². The number of rotatable bonds is 12. The Hall–Kier alpha value is -1.30. The highest BCUT2D eigenvalue weighted by atomic mass is 16.5. The van der Waals surface area contributed by atoms with Crippen LogP contribution in [0.15, 0.2) is 18.2 Å². The number of hydrogen-bond acceptors (Lipinski definition) is 5. The monoisotopic (exact) mass is 297 g/mol. The molecule has 1 rings (SSSR count). The zero-order valence-electron chi connectivity index (χ0n) is 13.3. The van der Waals surface area contributed by atoms with Crippen LogP contribution in [0.5, 0.6) is 11.5 Å². The molecule has 5 heteroatoms. The van der Waals surface area contributed by atoms with Crippen molar-refractivity contribution < 1.29 is 18.9 Å². The van der Waals surface area contributed by atoms with Gasteiger partial charge < -0.3 is 24.3 Å². The quantitative estimate of drug-likeness (QED) is 0.600. The Kier molecular flexibility index (Phi) is 9.61. The molecule has 0 saturated heterocycles. The molecule has 0 aliphatic rings. The summed E-state index contributed by atoms with van der Waals surface area (Å²) in [4.78, 5) is 0. The van der Waals surface area contributed by atoms with Crippen molar-refractivity contribution in [3.63, 3.8) is 0 Å². The Morgan fingerprint density at radius 1 is 1.05 bits per heavy atom. The van der Waals surface area contributed by atoms with Crippen LogP contribution in [0.3, 0.4) is 0 Å². The first kappa shape index (κ1) is 17.8. The number of hydrogen-bond donors (Lipinski definition) is 1. The van der Waals surface area contributed by atoms with Crippen molar-refractivity contribution in [1.82, 2.24) is 5.32 Å². The lowest BCUT2D eigenvalue weighted by atomic mass is 10.2. The molecule has 0 spiro atoms. The summed E-state index contributed by atoms with van der Waals surface area (Å²) in [5.74, 6) is 1.50. The Bertz CT molecular complexity index is 385. The molecule has 0 saturated carbocycles. The van der Waals surface area contributed by atoms with Gasteiger partial charge in [0, 0.05) is 26.9 Å². The molecule has 0 atom stereocenters. The fourth-order valence-corrected chi connectivity index (χ4v) is 1.87. The minimum Gasteiger partial charge on any atom is -0.493 e. The zero-order valence-corrected chi connectivity index (χ0v) is 13.3. The van der Waals surface area contributed by atoms with E-state index in [1.807, 2.05) is 25.1 Å². The Labute approximate surface area is 127 Å². The number of ether oxygens (including phenoxy) is 4. The maximum atomic E-state index is 5.66. The van der Waals surface area contributed by atoms with Gasteiger partial charge in [-0.15, -0.1) is 0 Å². The van der Waals surface area contributed by atoms with Gasteiger partial charge in [-0.1, -0.05) is 6.07 Å². The van der Waals surface area contributed by atoms with Crippen LogP contribution in [0.1, 0.15) is 18.9 Å². The normalized spacial score (nSPS) is 10.6. The first-order valence-electron chi connectivity index (χ1n) is 7.39. The van der Waals surface area contributed by atoms with Crippen LogP contribution < -0.4 is 14.8 Å². The summed E-state index contributed by atoms with van der Waals surface area (Å²) in [7, 11) is 3.37. The van der Waals surface area contributed by atoms with Gasteiger partial charge in [-0.2, -0.15) is 0 Å². The van der Waals surface area contributed by atoms with Crippen LogP contribution in [0, 0.1) is 0 Å². The van der Waals surface area contributed by atoms with Crippen LogP contribution >= 0.6 is 0 Å². The van der Waals surface area contributed by atoms with Gasteiger partial charge in [0.05, 0.1) is 13.7 Å². The Balaban J connectivity index is 2.42. The van der Waals surface area contributed by atoms with Crippen LogP contribution in [0.2, 0.25) is 0 Å². The van der Waals surface area contributed by atoms with E-state index < -0.39 is 0 Å². The average molecular weight is 297 g/mol. The van der Waals surface area contributed by atoms with E-state index in [0.717, 1.165) is 37.6 Å². The minimum atomic E-state index is 0.527. The third-order valence-corrected chi connectivity index (χ3v) is 2.95. The molecule has 0 radical (unpaired) electrons. The summed E-state index contributed by atoms with van der Waals surface area (Å²) in [6, 6.07) is 5.98. The van der Waals surface area contributed by atoms with E-state index in [-0.39, 0.29) is 0 Å². The SMILES string of the molecule is CCOCCOc1ccc(CNCCCOC)cc1OC. The molecule has 0 amide bonds. The predicted octanol–water partition coefficient (Wildman–Crippen LogP) is 2.24. The van der Waals surface area contributed by atoms with Gasteiger partial charge in [-0.3, -0.25) is 0 Å². The topological polar surface area (TPSA) is 49.0 Å². The van der Waals surface area contributed by atoms with Gasteiger partial charge in [-0.25, -0.2) is 0 Å². The number of benzene rings is 1. The van der Waals surface area contributed by atoms with Crippen molar-refractivity contribution in [2.45, 2.75) is 19.9 Å². The molecule has 1 N–H and O–H groups in total. The second-order valence-corrected chi connectivity index (χ2v) is 4.55. The van der Waals surface area contributed by atoms with Gasteiger partial charge in [0.25, 0.3) is 0 Å². The highest BCUT2D eigenvalue weighted by Gasteiger charge is 2.05. The molecule has 120 valence electrons. The van der Waals surface area contributed by atoms with Crippen LogP contribution in [-0.2, 0) is 16.0 Å². The largest absolute Gasteiger partial charge is 0.493 e. The van der Waals surface area contributed by atoms with E-state index in [0.29, 0.717) is 19.8 Å². The molecule has 0 heterocycles. The maximum Gasteiger partial charge on any atom is 0.161 e. The molecule has 5 nitrogen and oxygen atoms in total. The summed E-state index contributed by atoms with van der Waals surface area (Å²) in [6.45, 7) is 6.30. The second-order valence-electron chi connectivity index (χ2n) is 4.55. The lowest BCUT2D eigenvalue weighted by Gasteiger charge is -2.12. The summed E-state index contributed by atoms with van der Waals surface area (Å²) < 4.78 is 21.3. The van der Waals surface area contributed by atoms with Crippen molar-refractivity contribution >= 4 is 0 Å². The number of nitrogens with one attached hydrogen (secondary N) is 1. The fraction of sp³-hybridized carbons (Fsp3) is 0.625. The van der Waals surface area contributed by atoms with E-state index in [2.05, 4.69) is 5.32 Å². The van der Waals surface area contributed by atoms with Gasteiger partial charge in [0.15, 0.2) is 11.5 Å². The van der Waals surface area contributed by atoms with Gasteiger partial charge >= 0.3 is 0 Å². The van der Waals surface area contributed by atoms with Crippen LogP contribution in [0.25, 0.3) is 0 Å². The molecule has 21 heavy (non-hydrogen) atoms. The highest BCUT2D eigenvalue weighted by molar-refractivity contribution is 5.42. The first-order chi connectivity index (χ1) is 10.3. The molecular formula is C16H27NO4. The lowest BCUT2D eigenvalue weighted by molar-refractivity contribution is 0.109. The van der Waals surface area contributed by atoms with Crippen molar-refractivity contribution in [3.05, 3.63) is 23.8 Å². The third-order valence-electron chi connectivity index (χ3n) is 2.95. The third kappa shape index (κ3) is 7.32. The van der Waals surface area contributed by atoms with E-state index in [4.69, 9.17) is 18.9 Å². The van der Waals surface area contributed by atoms with Gasteiger partial charge in [0.2, 0.25) is 0 Å². The molecule has 1 aromatic carbocycles. The lowest BCUT2D eigenvalue weighted by Crippen LogP contribution is -2.16. The molecule has 0 aliphatic carbocycles. The van der Waals surface area contributed by atoms with Crippen LogP contribution in [0.4, 0.5) is 0 Å². The van der Waals surface area contributed by atoms with Crippen molar-refractivity contribution in [2.24, 2.45) is 0 Å². The smallest absolute Gasteiger partial charge is 0.161 e. The van der Waals surface area contributed by atoms with Crippen molar-refractivity contribution in [2.75, 3.05) is 47.2 Å². The number of methoxy groups -OCH3 is 2. The maximum absolute atomic E-state index is 5.66. The predicted molar refractivity (Wildman–Crippen MR) is 83.2 cm³/mol. The molecule has 1 aromatic rings. The summed E-state index contributed by atoms with van der Waals surface area (Å²) >= 11 is 0. The molecular weight excluding hydrogens is 270 g/mol. The Morgan fingerprint density at radius 2 is 1.90 bits per heavy atom. The van der Waals surface area contributed by atoms with Crippen LogP contribution in [-0.4, -0.2) is 47.2 Å². The summed E-state index contributed by atoms with van der Waals surface area (Å²) in [5.41, 5.74) is 1.17. The summed E-state index contributed by atoms with van der Waals surface area (Å²) in [6.07, 6.45) is 1.01. The fourth-order valence-electron chi connectivity index (χ4n) is 1.87. The van der Waals surface area contributed by atoms with E-state index in [1.165, 1.54) is 5.56 Å². The minimum absolute atomic E-state index is 0.527. The molecule has 0 unspecified atom stereocenters. The molecule has 0 fully saturated rings. The Morgan fingerprint density at radius 3 is 2.62 bits per heavy atom. The highest BCUT2D eigenvalue weighted by Crippen LogP contribution is 2.27. The standard InChI is InChI=1S/C16H27NO4/c1-4-20-10-11-21-15-7-6-14(12-16(15)19-3)13-17-8-5-9-18-2/h6-7,12,17H,4-5,8-11,13H2,1-3H3. The molecule has 0 aromatic heterocycles. The molecule has 0 bridgehead atoms. The van der Waals surface area contributed by atoms with E-state index in [1.54, 1.807) is 14.2 Å². The van der Waals surface area contributed by atoms with Crippen molar-refractivity contribution in [1.29, 1.82) is 0 Å². The van der Waals surface area contributed by atoms with Gasteiger partial charge in [0.1, 0.15) is 6.61 Å². The second kappa shape index (κ2) is 11.4. The summed E-state index contributed by atoms with van der Waals surface area (Å²) in [5, 5.41) is 3.37. The first-order valence-corrected chi connectivity index (χ1v) is 7.39. The zero-order chi connectivity index (χ0) is 15.3. The van der Waals surface area contributed by atoms with Crippen molar-refractivity contribution in [3.8, 4) is 11.5 Å². The van der Waals surface area contributed by atoms with E-state index >= 15 is 0 Å². The molecule has 0 aliphatic heterocycles.